The highest BCUT2D eigenvalue weighted by Gasteiger charge is 2.37. The third-order valence-electron chi connectivity index (χ3n) is 6.48. The van der Waals surface area contributed by atoms with Crippen LogP contribution in [0.2, 0.25) is 0 Å². The lowest BCUT2D eigenvalue weighted by atomic mass is 10.1. The van der Waals surface area contributed by atoms with Gasteiger partial charge in [-0.05, 0) is 51.1 Å². The average molecular weight is 445 g/mol. The molecular weight excluding hydrogens is 412 g/mol. The maximum Gasteiger partial charge on any atom is 0.290 e. The molecular formula is C23H32N4O3S. The average Bonchev–Trinajstić information content (AvgIpc) is 3.52. The van der Waals surface area contributed by atoms with E-state index in [1.165, 1.54) is 23.8 Å². The molecule has 0 radical (unpaired) electrons. The Kier molecular flexibility index (Phi) is 6.48. The molecule has 1 saturated heterocycles. The first-order valence-corrected chi connectivity index (χ1v) is 13.1. The second-order valence-corrected chi connectivity index (χ2v) is 11.3. The zero-order valence-corrected chi connectivity index (χ0v) is 19.1. The van der Waals surface area contributed by atoms with Gasteiger partial charge in [0.05, 0.1) is 10.9 Å². The predicted molar refractivity (Wildman–Crippen MR) is 124 cm³/mol. The summed E-state index contributed by atoms with van der Waals surface area (Å²) in [7, 11) is -3.03. The van der Waals surface area contributed by atoms with Gasteiger partial charge in [0, 0.05) is 37.5 Å². The lowest BCUT2D eigenvalue weighted by Gasteiger charge is -2.31. The number of anilines is 1. The molecule has 1 saturated carbocycles. The van der Waals surface area contributed by atoms with Crippen molar-refractivity contribution in [3.8, 4) is 0 Å². The Morgan fingerprint density at radius 1 is 1.19 bits per heavy atom. The van der Waals surface area contributed by atoms with Gasteiger partial charge in [-0.3, -0.25) is 4.79 Å². The van der Waals surface area contributed by atoms with Gasteiger partial charge in [-0.25, -0.2) is 13.4 Å². The van der Waals surface area contributed by atoms with Gasteiger partial charge in [-0.15, -0.1) is 0 Å². The van der Waals surface area contributed by atoms with E-state index in [9.17, 15) is 13.2 Å². The Balaban J connectivity index is 1.25. The number of benzene rings is 1. The standard InChI is InChI=1S/C23H32N4O3S/c1-16-5-7-17(8-6-16)20-14-21(20)24-11-3-4-18-15-25-23(28)22(26-18)27-12-9-19(10-13-27)31(2,29)30/h5-8,15,19-21,24H,3-4,9-14H2,1-2H3,(H,25,28)/t20-,21+/m0/s1. The molecule has 0 unspecified atom stereocenters. The van der Waals surface area contributed by atoms with E-state index < -0.39 is 9.84 Å². The van der Waals surface area contributed by atoms with E-state index in [-0.39, 0.29) is 10.8 Å². The van der Waals surface area contributed by atoms with Crippen molar-refractivity contribution < 1.29 is 8.42 Å². The Hall–Kier alpha value is -2.19. The van der Waals surface area contributed by atoms with Crippen LogP contribution in [0, 0.1) is 6.92 Å². The molecule has 0 amide bonds. The molecule has 2 aromatic rings. The van der Waals surface area contributed by atoms with Gasteiger partial charge in [-0.1, -0.05) is 29.8 Å². The summed E-state index contributed by atoms with van der Waals surface area (Å²) in [5, 5.41) is 3.31. The minimum atomic E-state index is -3.03. The lowest BCUT2D eigenvalue weighted by molar-refractivity contribution is 0.530. The first-order chi connectivity index (χ1) is 14.8. The molecule has 2 N–H and O–H groups in total. The van der Waals surface area contributed by atoms with Gasteiger partial charge >= 0.3 is 0 Å². The van der Waals surface area contributed by atoms with Crippen LogP contribution < -0.4 is 15.8 Å². The van der Waals surface area contributed by atoms with E-state index in [0.29, 0.717) is 43.7 Å². The Morgan fingerprint density at radius 3 is 2.58 bits per heavy atom. The maximum absolute atomic E-state index is 12.3. The minimum absolute atomic E-state index is 0.210. The van der Waals surface area contributed by atoms with Crippen molar-refractivity contribution in [1.82, 2.24) is 15.3 Å². The molecule has 168 valence electrons. The highest BCUT2D eigenvalue weighted by atomic mass is 32.2. The van der Waals surface area contributed by atoms with Crippen LogP contribution in [-0.4, -0.2) is 55.6 Å². The number of aromatic amines is 1. The van der Waals surface area contributed by atoms with E-state index in [1.807, 2.05) is 4.90 Å². The summed E-state index contributed by atoms with van der Waals surface area (Å²) in [6.45, 7) is 4.12. The molecule has 8 heteroatoms. The van der Waals surface area contributed by atoms with Crippen molar-refractivity contribution in [3.05, 3.63) is 57.6 Å². The number of aromatic nitrogens is 2. The zero-order valence-electron chi connectivity index (χ0n) is 18.3. The zero-order chi connectivity index (χ0) is 22.0. The van der Waals surface area contributed by atoms with Crippen LogP contribution in [0.4, 0.5) is 5.82 Å². The van der Waals surface area contributed by atoms with Gasteiger partial charge in [0.25, 0.3) is 5.56 Å². The fraction of sp³-hybridized carbons (Fsp3) is 0.565. The number of piperidine rings is 1. The summed E-state index contributed by atoms with van der Waals surface area (Å²) in [4.78, 5) is 21.6. The van der Waals surface area contributed by atoms with Gasteiger partial charge in [0.1, 0.15) is 9.84 Å². The number of hydrogen-bond acceptors (Lipinski definition) is 6. The number of hydrogen-bond donors (Lipinski definition) is 2. The lowest BCUT2D eigenvalue weighted by Crippen LogP contribution is -2.41. The van der Waals surface area contributed by atoms with Gasteiger partial charge in [0.2, 0.25) is 0 Å². The molecule has 1 aromatic carbocycles. The molecule has 2 atom stereocenters. The van der Waals surface area contributed by atoms with E-state index in [2.05, 4.69) is 46.5 Å². The van der Waals surface area contributed by atoms with E-state index in [0.717, 1.165) is 25.1 Å². The largest absolute Gasteiger partial charge is 0.352 e. The normalized spacial score (nSPS) is 21.9. The summed E-state index contributed by atoms with van der Waals surface area (Å²) in [5.74, 6) is 1.03. The van der Waals surface area contributed by atoms with Gasteiger partial charge in [-0.2, -0.15) is 0 Å². The van der Waals surface area contributed by atoms with Crippen LogP contribution in [0.1, 0.15) is 48.4 Å². The molecule has 2 heterocycles. The number of rotatable bonds is 8. The fourth-order valence-electron chi connectivity index (χ4n) is 4.43. The monoisotopic (exact) mass is 444 g/mol. The molecule has 0 bridgehead atoms. The summed E-state index contributed by atoms with van der Waals surface area (Å²) in [6, 6.07) is 9.36. The van der Waals surface area contributed by atoms with Crippen molar-refractivity contribution in [2.75, 3.05) is 30.8 Å². The summed E-state index contributed by atoms with van der Waals surface area (Å²) in [6.07, 6.45) is 6.99. The van der Waals surface area contributed by atoms with Crippen molar-refractivity contribution >= 4 is 15.7 Å². The second-order valence-electron chi connectivity index (χ2n) is 8.98. The number of nitrogens with one attached hydrogen (secondary N) is 2. The van der Waals surface area contributed by atoms with Crippen LogP contribution >= 0.6 is 0 Å². The first kappa shape index (κ1) is 22.0. The van der Waals surface area contributed by atoms with Crippen LogP contribution in [0.25, 0.3) is 0 Å². The molecule has 1 aromatic heterocycles. The van der Waals surface area contributed by atoms with Crippen molar-refractivity contribution in [2.24, 2.45) is 0 Å². The van der Waals surface area contributed by atoms with Crippen LogP contribution in [0.3, 0.4) is 0 Å². The predicted octanol–water partition coefficient (Wildman–Crippen LogP) is 2.17. The molecule has 0 spiro atoms. The molecule has 4 rings (SSSR count). The number of H-pyrrole nitrogens is 1. The molecule has 2 aliphatic rings. The molecule has 1 aliphatic heterocycles. The highest BCUT2D eigenvalue weighted by Crippen LogP contribution is 2.40. The number of aryl methyl sites for hydroxylation is 2. The summed E-state index contributed by atoms with van der Waals surface area (Å²) >= 11 is 0. The van der Waals surface area contributed by atoms with Crippen molar-refractivity contribution in [3.63, 3.8) is 0 Å². The smallest absolute Gasteiger partial charge is 0.290 e. The third-order valence-corrected chi connectivity index (χ3v) is 8.16. The first-order valence-electron chi connectivity index (χ1n) is 11.1. The third kappa shape index (κ3) is 5.54. The Morgan fingerprint density at radius 2 is 1.90 bits per heavy atom. The van der Waals surface area contributed by atoms with E-state index in [1.54, 1.807) is 6.20 Å². The van der Waals surface area contributed by atoms with E-state index in [4.69, 9.17) is 0 Å². The van der Waals surface area contributed by atoms with Crippen molar-refractivity contribution in [1.29, 1.82) is 0 Å². The number of sulfone groups is 1. The van der Waals surface area contributed by atoms with Crippen molar-refractivity contribution in [2.45, 2.75) is 56.2 Å². The van der Waals surface area contributed by atoms with Crippen LogP contribution in [0.5, 0.6) is 0 Å². The molecule has 2 fully saturated rings. The molecule has 7 nitrogen and oxygen atoms in total. The summed E-state index contributed by atoms with van der Waals surface area (Å²) < 4.78 is 23.5. The maximum atomic E-state index is 12.3. The SMILES string of the molecule is Cc1ccc([C@@H]2C[C@H]2NCCCc2c[nH]c(=O)c(N3CCC(S(C)(=O)=O)CC3)n2)cc1. The minimum Gasteiger partial charge on any atom is -0.352 e. The van der Waals surface area contributed by atoms with Crippen LogP contribution in [-0.2, 0) is 16.3 Å². The highest BCUT2D eigenvalue weighted by molar-refractivity contribution is 7.91. The topological polar surface area (TPSA) is 95.2 Å². The molecule has 1 aliphatic carbocycles. The Bertz CT molecular complexity index is 1060. The Labute approximate surface area is 184 Å². The van der Waals surface area contributed by atoms with Crippen LogP contribution in [0.15, 0.2) is 35.3 Å². The molecule has 31 heavy (non-hydrogen) atoms. The summed E-state index contributed by atoms with van der Waals surface area (Å²) in [5.41, 5.74) is 3.36. The number of nitrogens with zero attached hydrogens (tertiary/aromatic N) is 2. The fourth-order valence-corrected chi connectivity index (χ4v) is 5.50. The van der Waals surface area contributed by atoms with E-state index >= 15 is 0 Å². The van der Waals surface area contributed by atoms with Gasteiger partial charge < -0.3 is 15.2 Å². The second kappa shape index (κ2) is 9.12. The quantitative estimate of drug-likeness (QED) is 0.606. The van der Waals surface area contributed by atoms with Gasteiger partial charge in [0.15, 0.2) is 5.82 Å².